The number of amides is 1. The second-order valence-electron chi connectivity index (χ2n) is 4.43. The highest BCUT2D eigenvalue weighted by atomic mass is 16.1. The molecule has 1 aromatic carbocycles. The van der Waals surface area contributed by atoms with Crippen LogP contribution in [0.3, 0.4) is 0 Å². The lowest BCUT2D eigenvalue weighted by atomic mass is 10.2. The van der Waals surface area contributed by atoms with Gasteiger partial charge < -0.3 is 10.7 Å². The molecule has 6 heteroatoms. The van der Waals surface area contributed by atoms with Crippen LogP contribution in [0.2, 0.25) is 0 Å². The van der Waals surface area contributed by atoms with Gasteiger partial charge in [-0.25, -0.2) is 0 Å². The number of fused-ring (bicyclic) bond motifs is 1. The second-order valence-corrected chi connectivity index (χ2v) is 4.43. The number of nitrogens with one attached hydrogen (secondary N) is 2. The van der Waals surface area contributed by atoms with E-state index in [1.54, 1.807) is 24.5 Å². The highest BCUT2D eigenvalue weighted by molar-refractivity contribution is 6.08. The van der Waals surface area contributed by atoms with Gasteiger partial charge in [0.1, 0.15) is 0 Å². The average molecular weight is 279 g/mol. The molecule has 0 aliphatic carbocycles. The van der Waals surface area contributed by atoms with Gasteiger partial charge in [-0.3, -0.25) is 20.6 Å². The predicted molar refractivity (Wildman–Crippen MR) is 81.7 cm³/mol. The standard InChI is InChI=1S/C15H13N5O/c16-20-14-5-7-17-9-12(14)15(21)19-11-3-4-13-10(8-11)2-1-6-18-13/h1-9H,16H2,(H,17,20)(H,19,21). The number of hydrogen-bond acceptors (Lipinski definition) is 5. The van der Waals surface area contributed by atoms with Crippen molar-refractivity contribution in [1.29, 1.82) is 0 Å². The van der Waals surface area contributed by atoms with Gasteiger partial charge in [0.05, 0.1) is 16.8 Å². The van der Waals surface area contributed by atoms with Crippen LogP contribution in [0.1, 0.15) is 10.4 Å². The molecule has 0 aliphatic heterocycles. The molecule has 0 aliphatic rings. The van der Waals surface area contributed by atoms with E-state index in [0.29, 0.717) is 16.9 Å². The third-order valence-corrected chi connectivity index (χ3v) is 3.08. The number of pyridine rings is 2. The molecule has 21 heavy (non-hydrogen) atoms. The minimum atomic E-state index is -0.278. The molecular formula is C15H13N5O. The van der Waals surface area contributed by atoms with Gasteiger partial charge in [-0.1, -0.05) is 6.07 Å². The van der Waals surface area contributed by atoms with Crippen LogP contribution in [0.25, 0.3) is 10.9 Å². The number of aromatic nitrogens is 2. The van der Waals surface area contributed by atoms with E-state index in [-0.39, 0.29) is 5.91 Å². The van der Waals surface area contributed by atoms with Gasteiger partial charge in [0.15, 0.2) is 0 Å². The first-order valence-electron chi connectivity index (χ1n) is 6.35. The normalized spacial score (nSPS) is 10.3. The molecule has 2 aromatic heterocycles. The van der Waals surface area contributed by atoms with Gasteiger partial charge in [0.2, 0.25) is 0 Å². The van der Waals surface area contributed by atoms with Crippen molar-refractivity contribution in [1.82, 2.24) is 9.97 Å². The maximum atomic E-state index is 12.3. The van der Waals surface area contributed by atoms with Crippen molar-refractivity contribution >= 4 is 28.2 Å². The molecule has 0 atom stereocenters. The molecule has 2 heterocycles. The number of nitrogen functional groups attached to an aromatic ring is 1. The van der Waals surface area contributed by atoms with Crippen molar-refractivity contribution in [3.63, 3.8) is 0 Å². The highest BCUT2D eigenvalue weighted by Gasteiger charge is 2.11. The lowest BCUT2D eigenvalue weighted by Crippen LogP contribution is -2.17. The van der Waals surface area contributed by atoms with Crippen molar-refractivity contribution in [3.05, 3.63) is 60.6 Å². The molecule has 3 rings (SSSR count). The van der Waals surface area contributed by atoms with Crippen molar-refractivity contribution in [3.8, 4) is 0 Å². The molecule has 0 bridgehead atoms. The molecule has 0 radical (unpaired) electrons. The van der Waals surface area contributed by atoms with Crippen LogP contribution in [0.5, 0.6) is 0 Å². The van der Waals surface area contributed by atoms with E-state index in [4.69, 9.17) is 5.84 Å². The summed E-state index contributed by atoms with van der Waals surface area (Å²) in [5, 5.41) is 3.78. The number of benzene rings is 1. The van der Waals surface area contributed by atoms with Crippen LogP contribution in [0.15, 0.2) is 55.0 Å². The van der Waals surface area contributed by atoms with E-state index in [1.165, 1.54) is 6.20 Å². The van der Waals surface area contributed by atoms with Crippen molar-refractivity contribution < 1.29 is 4.79 Å². The Hall–Kier alpha value is -2.99. The SMILES string of the molecule is NNc1ccncc1C(=O)Nc1ccc2ncccc2c1. The first kappa shape index (κ1) is 13.0. The first-order valence-corrected chi connectivity index (χ1v) is 6.35. The summed E-state index contributed by atoms with van der Waals surface area (Å²) >= 11 is 0. The monoisotopic (exact) mass is 279 g/mol. The quantitative estimate of drug-likeness (QED) is 0.504. The lowest BCUT2D eigenvalue weighted by molar-refractivity contribution is 0.102. The summed E-state index contributed by atoms with van der Waals surface area (Å²) in [5.74, 6) is 5.11. The van der Waals surface area contributed by atoms with E-state index in [1.807, 2.05) is 24.3 Å². The maximum absolute atomic E-state index is 12.3. The zero-order valence-electron chi connectivity index (χ0n) is 11.1. The number of hydrazine groups is 1. The second kappa shape index (κ2) is 5.56. The number of nitrogens with two attached hydrogens (primary N) is 1. The van der Waals surface area contributed by atoms with Crippen LogP contribution < -0.4 is 16.6 Å². The molecule has 104 valence electrons. The largest absolute Gasteiger partial charge is 0.323 e. The van der Waals surface area contributed by atoms with Gasteiger partial charge in [-0.2, -0.15) is 0 Å². The lowest BCUT2D eigenvalue weighted by Gasteiger charge is -2.09. The molecule has 1 amide bonds. The predicted octanol–water partition coefficient (Wildman–Crippen LogP) is 2.17. The van der Waals surface area contributed by atoms with Gasteiger partial charge in [0.25, 0.3) is 5.91 Å². The minimum Gasteiger partial charge on any atom is -0.323 e. The van der Waals surface area contributed by atoms with Crippen molar-refractivity contribution in [2.24, 2.45) is 5.84 Å². The van der Waals surface area contributed by atoms with Gasteiger partial charge in [-0.15, -0.1) is 0 Å². The smallest absolute Gasteiger partial charge is 0.259 e. The van der Waals surface area contributed by atoms with Crippen LogP contribution in [-0.4, -0.2) is 15.9 Å². The summed E-state index contributed by atoms with van der Waals surface area (Å²) in [6.07, 6.45) is 4.76. The van der Waals surface area contributed by atoms with E-state index in [2.05, 4.69) is 20.7 Å². The average Bonchev–Trinajstić information content (AvgIpc) is 2.54. The Morgan fingerprint density at radius 1 is 1.14 bits per heavy atom. The summed E-state index contributed by atoms with van der Waals surface area (Å²) in [5.41, 5.74) is 4.94. The fourth-order valence-electron chi connectivity index (χ4n) is 2.05. The summed E-state index contributed by atoms with van der Waals surface area (Å²) in [7, 11) is 0. The van der Waals surface area contributed by atoms with Gasteiger partial charge >= 0.3 is 0 Å². The van der Waals surface area contributed by atoms with Crippen molar-refractivity contribution in [2.75, 3.05) is 10.7 Å². The van der Waals surface area contributed by atoms with Crippen LogP contribution >= 0.6 is 0 Å². The molecule has 0 spiro atoms. The summed E-state index contributed by atoms with van der Waals surface area (Å²) in [6.45, 7) is 0. The van der Waals surface area contributed by atoms with Crippen molar-refractivity contribution in [2.45, 2.75) is 0 Å². The van der Waals surface area contributed by atoms with E-state index < -0.39 is 0 Å². The third kappa shape index (κ3) is 2.65. The Morgan fingerprint density at radius 3 is 2.90 bits per heavy atom. The van der Waals surface area contributed by atoms with E-state index >= 15 is 0 Å². The van der Waals surface area contributed by atoms with Crippen LogP contribution in [-0.2, 0) is 0 Å². The van der Waals surface area contributed by atoms with Gasteiger partial charge in [0, 0.05) is 29.7 Å². The summed E-state index contributed by atoms with van der Waals surface area (Å²) < 4.78 is 0. The molecule has 0 unspecified atom stereocenters. The Balaban J connectivity index is 1.89. The fraction of sp³-hybridized carbons (Fsp3) is 0. The number of hydrogen-bond donors (Lipinski definition) is 3. The topological polar surface area (TPSA) is 92.9 Å². The Labute approximate surface area is 121 Å². The maximum Gasteiger partial charge on any atom is 0.259 e. The fourth-order valence-corrected chi connectivity index (χ4v) is 2.05. The molecule has 3 aromatic rings. The summed E-state index contributed by atoms with van der Waals surface area (Å²) in [4.78, 5) is 20.4. The molecule has 0 fully saturated rings. The molecule has 4 N–H and O–H groups in total. The third-order valence-electron chi connectivity index (χ3n) is 3.08. The molecule has 0 saturated carbocycles. The Morgan fingerprint density at radius 2 is 2.05 bits per heavy atom. The van der Waals surface area contributed by atoms with E-state index in [0.717, 1.165) is 10.9 Å². The van der Waals surface area contributed by atoms with Crippen LogP contribution in [0.4, 0.5) is 11.4 Å². The zero-order valence-corrected chi connectivity index (χ0v) is 11.1. The highest BCUT2D eigenvalue weighted by Crippen LogP contribution is 2.19. The first-order chi connectivity index (χ1) is 10.3. The number of anilines is 2. The van der Waals surface area contributed by atoms with E-state index in [9.17, 15) is 4.79 Å². The Bertz CT molecular complexity index is 803. The molecular weight excluding hydrogens is 266 g/mol. The molecule has 0 saturated heterocycles. The number of nitrogens with zero attached hydrogens (tertiary/aromatic N) is 2. The Kier molecular flexibility index (Phi) is 3.44. The van der Waals surface area contributed by atoms with Gasteiger partial charge in [-0.05, 0) is 30.3 Å². The summed E-state index contributed by atoms with van der Waals surface area (Å²) in [6, 6.07) is 11.0. The number of carbonyl (C=O) groups is 1. The zero-order chi connectivity index (χ0) is 14.7. The number of carbonyl (C=O) groups excluding carboxylic acids is 1. The van der Waals surface area contributed by atoms with Crippen LogP contribution in [0, 0.1) is 0 Å². The minimum absolute atomic E-state index is 0.278. The number of rotatable bonds is 3. The molecule has 6 nitrogen and oxygen atoms in total.